The van der Waals surface area contributed by atoms with Crippen LogP contribution >= 0.6 is 0 Å². The van der Waals surface area contributed by atoms with Gasteiger partial charge < -0.3 is 44.8 Å². The van der Waals surface area contributed by atoms with Crippen LogP contribution in [0.5, 0.6) is 23.0 Å². The van der Waals surface area contributed by atoms with E-state index in [2.05, 4.69) is 4.74 Å². The Hall–Kier alpha value is -4.81. The summed E-state index contributed by atoms with van der Waals surface area (Å²) < 4.78 is 14.3. The first kappa shape index (κ1) is 33.2. The van der Waals surface area contributed by atoms with Gasteiger partial charge in [-0.25, -0.2) is 4.79 Å². The van der Waals surface area contributed by atoms with Crippen LogP contribution in [0.3, 0.4) is 0 Å². The van der Waals surface area contributed by atoms with Crippen molar-refractivity contribution < 1.29 is 59.2 Å². The van der Waals surface area contributed by atoms with E-state index >= 15 is 0 Å². The molecule has 2 aromatic carbocycles. The number of esters is 1. The van der Waals surface area contributed by atoms with Crippen LogP contribution in [-0.2, 0) is 19.1 Å². The third-order valence-electron chi connectivity index (χ3n) is 5.16. The molecule has 0 amide bonds. The van der Waals surface area contributed by atoms with Gasteiger partial charge in [0.05, 0.1) is 27.2 Å². The highest BCUT2D eigenvalue weighted by molar-refractivity contribution is 6.10. The number of ketones is 2. The van der Waals surface area contributed by atoms with E-state index < -0.39 is 36.3 Å². The lowest BCUT2D eigenvalue weighted by atomic mass is 10.1. The number of hydrogen-bond donors (Lipinski definition) is 6. The Morgan fingerprint density at radius 3 is 1.70 bits per heavy atom. The number of methoxy groups -OCH3 is 2. The summed E-state index contributed by atoms with van der Waals surface area (Å²) in [6, 6.07) is 9.34. The predicted molar refractivity (Wildman–Crippen MR) is 144 cm³/mol. The number of hydrogen-bond acceptors (Lipinski definition) is 12. The minimum atomic E-state index is -1.42. The van der Waals surface area contributed by atoms with Crippen LogP contribution in [0.2, 0.25) is 0 Å². The monoisotopic (exact) mass is 560 g/mol. The second kappa shape index (κ2) is 15.6. The summed E-state index contributed by atoms with van der Waals surface area (Å²) in [5.74, 6) is -2.86. The van der Waals surface area contributed by atoms with E-state index in [0.29, 0.717) is 22.6 Å². The van der Waals surface area contributed by atoms with Gasteiger partial charge in [-0.05, 0) is 47.5 Å². The zero-order valence-electron chi connectivity index (χ0n) is 21.0. The van der Waals surface area contributed by atoms with Crippen molar-refractivity contribution in [3.8, 4) is 23.0 Å². The summed E-state index contributed by atoms with van der Waals surface area (Å²) in [5.41, 5.74) is 1.33. The van der Waals surface area contributed by atoms with Gasteiger partial charge in [-0.15, -0.1) is 0 Å². The first-order valence-electron chi connectivity index (χ1n) is 11.3. The summed E-state index contributed by atoms with van der Waals surface area (Å²) in [5, 5.41) is 54.1. The predicted octanol–water partition coefficient (Wildman–Crippen LogP) is 2.60. The maximum absolute atomic E-state index is 11.9. The summed E-state index contributed by atoms with van der Waals surface area (Å²) >= 11 is 0. The molecule has 0 fully saturated rings. The number of aliphatic hydroxyl groups excluding tert-OH is 4. The van der Waals surface area contributed by atoms with Crippen LogP contribution in [0.25, 0.3) is 12.2 Å². The van der Waals surface area contributed by atoms with E-state index in [4.69, 9.17) is 29.9 Å². The Morgan fingerprint density at radius 2 is 1.35 bits per heavy atom. The van der Waals surface area contributed by atoms with Gasteiger partial charge in [-0.1, -0.05) is 31.7 Å². The number of allylic oxidation sites excluding steroid dienone is 2. The van der Waals surface area contributed by atoms with E-state index in [9.17, 15) is 24.6 Å². The van der Waals surface area contributed by atoms with Crippen molar-refractivity contribution in [1.29, 1.82) is 0 Å². The highest BCUT2D eigenvalue weighted by atomic mass is 16.6. The maximum atomic E-state index is 11.9. The van der Waals surface area contributed by atoms with Crippen LogP contribution in [0.4, 0.5) is 0 Å². The molecule has 1 aliphatic rings. The van der Waals surface area contributed by atoms with Crippen molar-refractivity contribution >= 4 is 29.7 Å². The number of carbonyl (C=O) groups excluding carboxylic acids is 3. The fourth-order valence-electron chi connectivity index (χ4n) is 3.09. The molecule has 0 aromatic heterocycles. The Kier molecular flexibility index (Phi) is 12.9. The summed E-state index contributed by atoms with van der Waals surface area (Å²) in [6.07, 6.45) is 2.67. The quantitative estimate of drug-likeness (QED) is 0.141. The van der Waals surface area contributed by atoms with Gasteiger partial charge in [0, 0.05) is 0 Å². The Morgan fingerprint density at radius 1 is 0.900 bits per heavy atom. The molecule has 0 spiro atoms. The number of carbonyl (C=O) groups is 3. The van der Waals surface area contributed by atoms with Crippen molar-refractivity contribution in [3.63, 3.8) is 0 Å². The largest absolute Gasteiger partial charge is 0.505 e. The number of rotatable bonds is 10. The van der Waals surface area contributed by atoms with Gasteiger partial charge in [-0.3, -0.25) is 9.59 Å². The van der Waals surface area contributed by atoms with Crippen molar-refractivity contribution in [2.75, 3.05) is 20.8 Å². The molecule has 1 aliphatic heterocycles. The molecule has 2 atom stereocenters. The molecule has 12 heteroatoms. The molecule has 0 radical (unpaired) electrons. The zero-order chi connectivity index (χ0) is 29.1. The van der Waals surface area contributed by atoms with E-state index in [-0.39, 0.29) is 36.9 Å². The van der Waals surface area contributed by atoms with E-state index in [1.165, 1.54) is 38.5 Å². The number of aromatic hydroxyl groups is 2. The standard InChI is InChI=1S/C21H20O6.C6H8O6.CH4/c1-26-20-11-14(5-9-18(20)24)3-7-16(22)13-17(23)8-4-15-6-10-19(25)21(12-15)27-2;7-1-2(8)5-3(9)4(10)6(11)12-5;/h3-12,24-25H,13H2,1-2H3;2,5,7-10H,1H2;1H4/b7-3+,8-4+;;/t;2-,5+;/m.0./s1. The summed E-state index contributed by atoms with van der Waals surface area (Å²) in [7, 11) is 2.87. The Balaban J connectivity index is 0.000000516. The van der Waals surface area contributed by atoms with Crippen LogP contribution in [-0.4, -0.2) is 81.2 Å². The lowest BCUT2D eigenvalue weighted by Crippen LogP contribution is -2.31. The molecule has 40 heavy (non-hydrogen) atoms. The maximum Gasteiger partial charge on any atom is 0.377 e. The zero-order valence-corrected chi connectivity index (χ0v) is 21.0. The average molecular weight is 561 g/mol. The molecular weight excluding hydrogens is 528 g/mol. The molecule has 2 aromatic rings. The molecule has 216 valence electrons. The third-order valence-corrected chi connectivity index (χ3v) is 5.16. The minimum absolute atomic E-state index is 0. The van der Waals surface area contributed by atoms with Crippen LogP contribution < -0.4 is 9.47 Å². The lowest BCUT2D eigenvalue weighted by molar-refractivity contribution is -0.147. The van der Waals surface area contributed by atoms with Crippen molar-refractivity contribution in [1.82, 2.24) is 0 Å². The molecule has 1 heterocycles. The topological polar surface area (TPSA) is 200 Å². The molecule has 12 nitrogen and oxygen atoms in total. The minimum Gasteiger partial charge on any atom is -0.505 e. The van der Waals surface area contributed by atoms with E-state index in [1.54, 1.807) is 36.4 Å². The second-order valence-electron chi connectivity index (χ2n) is 7.95. The van der Waals surface area contributed by atoms with E-state index in [1.807, 2.05) is 0 Å². The fourth-order valence-corrected chi connectivity index (χ4v) is 3.09. The molecule has 0 saturated carbocycles. The lowest BCUT2D eigenvalue weighted by Gasteiger charge is -2.13. The Bertz CT molecular complexity index is 1220. The third kappa shape index (κ3) is 9.19. The van der Waals surface area contributed by atoms with Crippen molar-refractivity contribution in [2.24, 2.45) is 0 Å². The fraction of sp³-hybridized carbons (Fsp3) is 0.250. The average Bonchev–Trinajstić information content (AvgIpc) is 3.19. The normalized spacial score (nSPS) is 15.2. The number of phenolic OH excluding ortho intramolecular Hbond substituents is 2. The van der Waals surface area contributed by atoms with Crippen molar-refractivity contribution in [2.45, 2.75) is 26.1 Å². The SMILES string of the molecule is C.COc1cc(/C=C/C(=O)CC(=O)/C=C/c2ccc(O)c(OC)c2)ccc1O.O=C1O[C@H]([C@@H](O)CO)C(O)=C1O. The van der Waals surface area contributed by atoms with Crippen molar-refractivity contribution in [3.05, 3.63) is 71.2 Å². The van der Waals surface area contributed by atoms with Gasteiger partial charge in [0.2, 0.25) is 5.76 Å². The van der Waals surface area contributed by atoms with Gasteiger partial charge in [-0.2, -0.15) is 0 Å². The van der Waals surface area contributed by atoms with Crippen LogP contribution in [0, 0.1) is 0 Å². The number of benzene rings is 2. The van der Waals surface area contributed by atoms with Crippen LogP contribution in [0.15, 0.2) is 60.1 Å². The van der Waals surface area contributed by atoms with Gasteiger partial charge in [0.15, 0.2) is 46.4 Å². The second-order valence-corrected chi connectivity index (χ2v) is 7.95. The molecule has 3 rings (SSSR count). The van der Waals surface area contributed by atoms with Gasteiger partial charge in [0.25, 0.3) is 0 Å². The summed E-state index contributed by atoms with van der Waals surface area (Å²) in [6.45, 7) is -0.671. The van der Waals surface area contributed by atoms with Crippen LogP contribution in [0.1, 0.15) is 25.0 Å². The highest BCUT2D eigenvalue weighted by Gasteiger charge is 2.38. The van der Waals surface area contributed by atoms with E-state index in [0.717, 1.165) is 0 Å². The molecule has 6 N–H and O–H groups in total. The molecule has 0 unspecified atom stereocenters. The molecule has 0 saturated heterocycles. The number of cyclic esters (lactones) is 1. The molecule has 0 bridgehead atoms. The number of aliphatic hydroxyl groups is 4. The molecular formula is C28H32O12. The Labute approximate surface area is 230 Å². The summed E-state index contributed by atoms with van der Waals surface area (Å²) in [4.78, 5) is 34.4. The first-order chi connectivity index (χ1) is 18.5. The smallest absolute Gasteiger partial charge is 0.377 e. The van der Waals surface area contributed by atoms with Gasteiger partial charge in [0.1, 0.15) is 6.10 Å². The molecule has 0 aliphatic carbocycles. The van der Waals surface area contributed by atoms with Gasteiger partial charge >= 0.3 is 5.97 Å². The highest BCUT2D eigenvalue weighted by Crippen LogP contribution is 2.27. The number of ether oxygens (including phenoxy) is 3. The number of phenols is 2. The first-order valence-corrected chi connectivity index (χ1v) is 11.3.